The van der Waals surface area contributed by atoms with Crippen molar-refractivity contribution in [2.75, 3.05) is 25.5 Å². The third kappa shape index (κ3) is 5.09. The number of benzene rings is 1. The molecular formula is C32H34N6O2. The summed E-state index contributed by atoms with van der Waals surface area (Å²) in [6, 6.07) is 9.53. The van der Waals surface area contributed by atoms with Crippen LogP contribution in [0.25, 0.3) is 16.9 Å². The van der Waals surface area contributed by atoms with Crippen molar-refractivity contribution in [3.05, 3.63) is 95.5 Å². The van der Waals surface area contributed by atoms with E-state index in [0.29, 0.717) is 30.5 Å². The summed E-state index contributed by atoms with van der Waals surface area (Å²) in [5, 5.41) is 6.27. The average Bonchev–Trinajstić information content (AvgIpc) is 3.64. The van der Waals surface area contributed by atoms with E-state index >= 15 is 0 Å². The largest absolute Gasteiger partial charge is 0.358 e. The Hall–Kier alpha value is -4.46. The number of hydrogen-bond donors (Lipinski definition) is 2. The Bertz CT molecular complexity index is 1570. The quantitative estimate of drug-likeness (QED) is 0.405. The van der Waals surface area contributed by atoms with Gasteiger partial charge in [0.15, 0.2) is 0 Å². The first-order valence-electron chi connectivity index (χ1n) is 14.0. The molecule has 0 spiro atoms. The number of fused-ring (bicyclic) bond motifs is 1. The molecule has 1 aromatic carbocycles. The summed E-state index contributed by atoms with van der Waals surface area (Å²) in [6.45, 7) is 3.20. The van der Waals surface area contributed by atoms with Crippen LogP contribution in [0.2, 0.25) is 0 Å². The molecule has 2 fully saturated rings. The molecule has 204 valence electrons. The highest BCUT2D eigenvalue weighted by molar-refractivity contribution is 5.96. The van der Waals surface area contributed by atoms with Crippen molar-refractivity contribution in [2.24, 2.45) is 5.92 Å². The molecule has 2 aromatic heterocycles. The lowest BCUT2D eigenvalue weighted by molar-refractivity contribution is -0.125. The van der Waals surface area contributed by atoms with Gasteiger partial charge >= 0.3 is 0 Å². The third-order valence-electron chi connectivity index (χ3n) is 7.82. The van der Waals surface area contributed by atoms with E-state index in [1.807, 2.05) is 53.6 Å². The fourth-order valence-corrected chi connectivity index (χ4v) is 5.58. The maximum absolute atomic E-state index is 13.1. The number of carbonyl (C=O) groups excluding carboxylic acids is 2. The molecule has 1 aliphatic heterocycles. The number of carbonyl (C=O) groups is 2. The van der Waals surface area contributed by atoms with Gasteiger partial charge < -0.3 is 15.5 Å². The van der Waals surface area contributed by atoms with E-state index in [1.54, 1.807) is 18.3 Å². The summed E-state index contributed by atoms with van der Waals surface area (Å²) in [7, 11) is 1.84. The number of nitrogens with one attached hydrogen (secondary N) is 2. The van der Waals surface area contributed by atoms with Crippen molar-refractivity contribution in [3.63, 3.8) is 0 Å². The number of rotatable bonds is 7. The minimum absolute atomic E-state index is 0.0373. The van der Waals surface area contributed by atoms with Gasteiger partial charge in [-0.2, -0.15) is 0 Å². The predicted octanol–water partition coefficient (Wildman–Crippen LogP) is 5.24. The van der Waals surface area contributed by atoms with Gasteiger partial charge in [-0.1, -0.05) is 36.4 Å². The van der Waals surface area contributed by atoms with E-state index < -0.39 is 0 Å². The Balaban J connectivity index is 1.27. The Labute approximate surface area is 234 Å². The van der Waals surface area contributed by atoms with E-state index in [-0.39, 0.29) is 17.7 Å². The Kier molecular flexibility index (Phi) is 7.07. The van der Waals surface area contributed by atoms with E-state index in [9.17, 15) is 9.59 Å². The van der Waals surface area contributed by atoms with Crippen molar-refractivity contribution in [1.82, 2.24) is 24.6 Å². The van der Waals surface area contributed by atoms with Gasteiger partial charge in [0.05, 0.1) is 11.2 Å². The first-order chi connectivity index (χ1) is 19.6. The zero-order valence-corrected chi connectivity index (χ0v) is 22.9. The minimum Gasteiger partial charge on any atom is -0.358 e. The van der Waals surface area contributed by atoms with Crippen molar-refractivity contribution < 1.29 is 9.59 Å². The molecule has 0 radical (unpaired) electrons. The first-order valence-corrected chi connectivity index (χ1v) is 14.0. The van der Waals surface area contributed by atoms with Crippen LogP contribution in [0.3, 0.4) is 0 Å². The lowest BCUT2D eigenvalue weighted by Crippen LogP contribution is -2.26. The highest BCUT2D eigenvalue weighted by Crippen LogP contribution is 2.38. The molecule has 2 N–H and O–H groups in total. The van der Waals surface area contributed by atoms with E-state index in [2.05, 4.69) is 39.9 Å². The van der Waals surface area contributed by atoms with Gasteiger partial charge in [-0.25, -0.2) is 9.97 Å². The van der Waals surface area contributed by atoms with Gasteiger partial charge in [0.25, 0.3) is 5.91 Å². The fourth-order valence-electron chi connectivity index (χ4n) is 5.58. The van der Waals surface area contributed by atoms with Crippen molar-refractivity contribution >= 4 is 23.3 Å². The number of likely N-dealkylation sites (tertiary alicyclic amines) is 1. The highest BCUT2D eigenvalue weighted by Gasteiger charge is 2.31. The van der Waals surface area contributed by atoms with Crippen LogP contribution >= 0.6 is 0 Å². The van der Waals surface area contributed by atoms with Crippen molar-refractivity contribution in [1.29, 1.82) is 0 Å². The second-order valence-electron chi connectivity index (χ2n) is 10.6. The summed E-state index contributed by atoms with van der Waals surface area (Å²) < 4.78 is 2.02. The molecule has 6 rings (SSSR count). The summed E-state index contributed by atoms with van der Waals surface area (Å²) in [5.41, 5.74) is 5.55. The highest BCUT2D eigenvalue weighted by atomic mass is 16.2. The van der Waals surface area contributed by atoms with Gasteiger partial charge in [0.1, 0.15) is 5.82 Å². The van der Waals surface area contributed by atoms with Crippen molar-refractivity contribution in [2.45, 2.75) is 38.5 Å². The number of nitrogens with zero attached hydrogens (tertiary/aromatic N) is 4. The third-order valence-corrected chi connectivity index (χ3v) is 7.82. The summed E-state index contributed by atoms with van der Waals surface area (Å²) in [5.74, 6) is 2.10. The summed E-state index contributed by atoms with van der Waals surface area (Å²) in [6.07, 6.45) is 17.8. The zero-order valence-electron chi connectivity index (χ0n) is 22.9. The minimum atomic E-state index is -0.130. The zero-order chi connectivity index (χ0) is 27.6. The Morgan fingerprint density at radius 1 is 1.07 bits per heavy atom. The molecule has 2 aliphatic carbocycles. The average molecular weight is 535 g/mol. The second kappa shape index (κ2) is 11.0. The molecule has 0 bridgehead atoms. The number of imidazole rings is 1. The van der Waals surface area contributed by atoms with Crippen LogP contribution in [0.5, 0.6) is 0 Å². The van der Waals surface area contributed by atoms with E-state index in [1.165, 1.54) is 18.4 Å². The van der Waals surface area contributed by atoms with Gasteiger partial charge in [0.2, 0.25) is 11.9 Å². The van der Waals surface area contributed by atoms with Crippen molar-refractivity contribution in [3.8, 4) is 11.4 Å². The molecule has 1 saturated carbocycles. The molecule has 3 aliphatic rings. The monoisotopic (exact) mass is 534 g/mol. The van der Waals surface area contributed by atoms with Crippen LogP contribution in [0, 0.1) is 5.92 Å². The molecule has 2 amide bonds. The number of aromatic nitrogens is 3. The second-order valence-corrected chi connectivity index (χ2v) is 10.6. The van der Waals surface area contributed by atoms with Crippen LogP contribution in [0.1, 0.15) is 54.6 Å². The van der Waals surface area contributed by atoms with Gasteiger partial charge in [0, 0.05) is 49.1 Å². The summed E-state index contributed by atoms with van der Waals surface area (Å²) >= 11 is 0. The number of allylic oxidation sites excluding steroid dienone is 6. The lowest BCUT2D eigenvalue weighted by Gasteiger charge is -2.13. The van der Waals surface area contributed by atoms with Crippen LogP contribution in [0.4, 0.5) is 5.95 Å². The molecule has 40 heavy (non-hydrogen) atoms. The van der Waals surface area contributed by atoms with Gasteiger partial charge in [-0.3, -0.25) is 14.0 Å². The molecule has 8 heteroatoms. The first kappa shape index (κ1) is 25.8. The van der Waals surface area contributed by atoms with E-state index in [4.69, 9.17) is 4.98 Å². The van der Waals surface area contributed by atoms with Gasteiger partial charge in [-0.15, -0.1) is 0 Å². The molecule has 1 unspecified atom stereocenters. The van der Waals surface area contributed by atoms with Crippen LogP contribution in [-0.2, 0) is 4.79 Å². The van der Waals surface area contributed by atoms with Gasteiger partial charge in [-0.05, 0) is 74.4 Å². The molecule has 1 atom stereocenters. The number of anilines is 1. The Morgan fingerprint density at radius 3 is 2.65 bits per heavy atom. The maximum Gasteiger partial charge on any atom is 0.255 e. The molecule has 3 aromatic rings. The van der Waals surface area contributed by atoms with Crippen LogP contribution < -0.4 is 10.6 Å². The molecule has 8 nitrogen and oxygen atoms in total. The number of amides is 2. The fraction of sp³-hybridized carbons (Fsp3) is 0.312. The predicted molar refractivity (Wildman–Crippen MR) is 157 cm³/mol. The SMILES string of the molecule is CC=CC(=O)N1CCC(c2nc(-c3ccc(C(=O)NC4=CCC=CC(C5CC5)=C4)cc3)n3c(NC)nccc23)C1. The normalized spacial score (nSPS) is 19.1. The Morgan fingerprint density at radius 2 is 1.90 bits per heavy atom. The maximum atomic E-state index is 13.1. The lowest BCUT2D eigenvalue weighted by atomic mass is 10.0. The van der Waals surface area contributed by atoms with E-state index in [0.717, 1.165) is 41.1 Å². The number of hydrogen-bond acceptors (Lipinski definition) is 5. The molecule has 1 saturated heterocycles. The standard InChI is InChI=1S/C32H34N6O2/c1-3-6-28(39)37-18-16-25(20-37)29-27-15-17-34-32(33-2)38(27)30(36-29)22-11-13-23(14-12-22)31(40)35-26-8-5-4-7-24(19-26)21-9-10-21/h3-4,6-8,11-15,17,19,21,25H,5,9-10,16,18,20H2,1-2H3,(H,33,34)(H,35,40). The topological polar surface area (TPSA) is 91.6 Å². The van der Waals surface area contributed by atoms with Crippen LogP contribution in [0.15, 0.2) is 84.3 Å². The molecular weight excluding hydrogens is 500 g/mol. The molecule has 3 heterocycles. The summed E-state index contributed by atoms with van der Waals surface area (Å²) in [4.78, 5) is 37.1. The van der Waals surface area contributed by atoms with Crippen LogP contribution in [-0.4, -0.2) is 51.2 Å². The smallest absolute Gasteiger partial charge is 0.255 e.